The number of hydrogen-bond acceptors (Lipinski definition) is 1. The van der Waals surface area contributed by atoms with Crippen LogP contribution in [0.25, 0.3) is 10.4 Å². The van der Waals surface area contributed by atoms with Crippen molar-refractivity contribution < 1.29 is 0 Å². The standard InChI is InChI=1S/C17H13IS/c18-15-8-4-5-13(11-15)12-16-9-10-17(19-16)14-6-2-1-3-7-14/h1-11H,12H2. The molecule has 0 unspecified atom stereocenters. The fraction of sp³-hybridized carbons (Fsp3) is 0.0588. The van der Waals surface area contributed by atoms with E-state index in [0.717, 1.165) is 6.42 Å². The number of halogens is 1. The van der Waals surface area contributed by atoms with Crippen LogP contribution in [0.5, 0.6) is 0 Å². The van der Waals surface area contributed by atoms with Gasteiger partial charge in [-0.15, -0.1) is 11.3 Å². The van der Waals surface area contributed by atoms with Crippen LogP contribution in [0.4, 0.5) is 0 Å². The van der Waals surface area contributed by atoms with Gasteiger partial charge < -0.3 is 0 Å². The summed E-state index contributed by atoms with van der Waals surface area (Å²) in [5, 5.41) is 0. The Morgan fingerprint density at radius 2 is 1.68 bits per heavy atom. The van der Waals surface area contributed by atoms with Gasteiger partial charge in [-0.2, -0.15) is 0 Å². The molecule has 1 aromatic heterocycles. The van der Waals surface area contributed by atoms with E-state index in [2.05, 4.69) is 89.3 Å². The molecule has 0 aliphatic carbocycles. The lowest BCUT2D eigenvalue weighted by Crippen LogP contribution is -1.84. The topological polar surface area (TPSA) is 0 Å². The average Bonchev–Trinajstić information content (AvgIpc) is 2.88. The van der Waals surface area contributed by atoms with Gasteiger partial charge in [-0.1, -0.05) is 42.5 Å². The number of rotatable bonds is 3. The molecule has 2 aromatic carbocycles. The zero-order valence-electron chi connectivity index (χ0n) is 10.3. The Bertz CT molecular complexity index is 670. The number of hydrogen-bond donors (Lipinski definition) is 0. The highest BCUT2D eigenvalue weighted by Gasteiger charge is 2.03. The first kappa shape index (κ1) is 12.9. The first-order chi connectivity index (χ1) is 9.31. The minimum Gasteiger partial charge on any atom is -0.140 e. The van der Waals surface area contributed by atoms with Crippen molar-refractivity contribution in [1.29, 1.82) is 0 Å². The van der Waals surface area contributed by atoms with Crippen molar-refractivity contribution in [2.75, 3.05) is 0 Å². The van der Waals surface area contributed by atoms with Crippen molar-refractivity contribution in [3.05, 3.63) is 80.7 Å². The molecular formula is C17H13IS. The van der Waals surface area contributed by atoms with E-state index in [4.69, 9.17) is 0 Å². The molecule has 1 heterocycles. The van der Waals surface area contributed by atoms with Gasteiger partial charge in [0.2, 0.25) is 0 Å². The lowest BCUT2D eigenvalue weighted by Gasteiger charge is -1.99. The number of thiophene rings is 1. The van der Waals surface area contributed by atoms with Crippen LogP contribution in [-0.2, 0) is 6.42 Å². The zero-order chi connectivity index (χ0) is 13.1. The maximum Gasteiger partial charge on any atom is 0.0345 e. The predicted molar refractivity (Wildman–Crippen MR) is 91.7 cm³/mol. The third kappa shape index (κ3) is 3.25. The molecule has 0 bridgehead atoms. The summed E-state index contributed by atoms with van der Waals surface area (Å²) in [7, 11) is 0. The SMILES string of the molecule is Ic1cccc(Cc2ccc(-c3ccccc3)s2)c1. The third-order valence-corrected chi connectivity index (χ3v) is 4.79. The third-order valence-electron chi connectivity index (χ3n) is 2.99. The molecule has 0 radical (unpaired) electrons. The summed E-state index contributed by atoms with van der Waals surface area (Å²) in [5.74, 6) is 0. The highest BCUT2D eigenvalue weighted by molar-refractivity contribution is 14.1. The summed E-state index contributed by atoms with van der Waals surface area (Å²) in [6.45, 7) is 0. The molecule has 3 rings (SSSR count). The molecule has 0 aliphatic rings. The Balaban J connectivity index is 1.82. The Labute approximate surface area is 131 Å². The molecule has 0 amide bonds. The molecule has 94 valence electrons. The van der Waals surface area contributed by atoms with Gasteiger partial charge in [-0.05, 0) is 58.0 Å². The highest BCUT2D eigenvalue weighted by Crippen LogP contribution is 2.29. The molecule has 2 heteroatoms. The lowest BCUT2D eigenvalue weighted by atomic mass is 10.1. The molecule has 3 aromatic rings. The minimum atomic E-state index is 1.02. The van der Waals surface area contributed by atoms with Crippen molar-refractivity contribution >= 4 is 33.9 Å². The van der Waals surface area contributed by atoms with Gasteiger partial charge >= 0.3 is 0 Å². The van der Waals surface area contributed by atoms with E-state index in [0.29, 0.717) is 0 Å². The summed E-state index contributed by atoms with van der Waals surface area (Å²) in [4.78, 5) is 2.77. The fourth-order valence-corrected chi connectivity index (χ4v) is 3.73. The molecule has 19 heavy (non-hydrogen) atoms. The van der Waals surface area contributed by atoms with Gasteiger partial charge in [0.25, 0.3) is 0 Å². The van der Waals surface area contributed by atoms with Crippen molar-refractivity contribution in [1.82, 2.24) is 0 Å². The molecule has 0 atom stereocenters. The van der Waals surface area contributed by atoms with Gasteiger partial charge in [0, 0.05) is 19.7 Å². The Hall–Kier alpha value is -1.13. The second-order valence-corrected chi connectivity index (χ2v) is 6.85. The van der Waals surface area contributed by atoms with Gasteiger partial charge in [0.15, 0.2) is 0 Å². The van der Waals surface area contributed by atoms with Crippen LogP contribution in [0.2, 0.25) is 0 Å². The van der Waals surface area contributed by atoms with Crippen LogP contribution in [0.1, 0.15) is 10.4 Å². The molecule has 0 fully saturated rings. The van der Waals surface area contributed by atoms with Crippen LogP contribution in [-0.4, -0.2) is 0 Å². The van der Waals surface area contributed by atoms with E-state index in [9.17, 15) is 0 Å². The molecule has 0 spiro atoms. The van der Waals surface area contributed by atoms with E-state index in [-0.39, 0.29) is 0 Å². The van der Waals surface area contributed by atoms with Gasteiger partial charge in [0.1, 0.15) is 0 Å². The monoisotopic (exact) mass is 376 g/mol. The second-order valence-electron chi connectivity index (χ2n) is 4.44. The molecule has 0 N–H and O–H groups in total. The summed E-state index contributed by atoms with van der Waals surface area (Å²) in [6.07, 6.45) is 1.02. The second kappa shape index (κ2) is 5.88. The van der Waals surface area contributed by atoms with Crippen molar-refractivity contribution in [3.63, 3.8) is 0 Å². The largest absolute Gasteiger partial charge is 0.140 e. The fourth-order valence-electron chi connectivity index (χ4n) is 2.08. The normalized spacial score (nSPS) is 10.6. The average molecular weight is 376 g/mol. The summed E-state index contributed by atoms with van der Waals surface area (Å²) in [6, 6.07) is 23.8. The molecule has 0 nitrogen and oxygen atoms in total. The van der Waals surface area contributed by atoms with Gasteiger partial charge in [-0.3, -0.25) is 0 Å². The highest BCUT2D eigenvalue weighted by atomic mass is 127. The van der Waals surface area contributed by atoms with Crippen LogP contribution in [0.3, 0.4) is 0 Å². The van der Waals surface area contributed by atoms with Crippen LogP contribution in [0.15, 0.2) is 66.7 Å². The molecular weight excluding hydrogens is 363 g/mol. The van der Waals surface area contributed by atoms with Gasteiger partial charge in [0.05, 0.1) is 0 Å². The first-order valence-corrected chi connectivity index (χ1v) is 8.09. The molecule has 0 saturated carbocycles. The van der Waals surface area contributed by atoms with Crippen molar-refractivity contribution in [3.8, 4) is 10.4 Å². The summed E-state index contributed by atoms with van der Waals surface area (Å²) >= 11 is 4.25. The maximum absolute atomic E-state index is 2.37. The zero-order valence-corrected chi connectivity index (χ0v) is 13.3. The molecule has 0 saturated heterocycles. The van der Waals surface area contributed by atoms with Crippen molar-refractivity contribution in [2.45, 2.75) is 6.42 Å². The van der Waals surface area contributed by atoms with Crippen LogP contribution in [0, 0.1) is 3.57 Å². The predicted octanol–water partition coefficient (Wildman–Crippen LogP) is 5.61. The van der Waals surface area contributed by atoms with E-state index in [1.165, 1.54) is 24.5 Å². The van der Waals surface area contributed by atoms with Gasteiger partial charge in [-0.25, -0.2) is 0 Å². The van der Waals surface area contributed by atoms with E-state index < -0.39 is 0 Å². The van der Waals surface area contributed by atoms with Crippen molar-refractivity contribution in [2.24, 2.45) is 0 Å². The summed E-state index contributed by atoms with van der Waals surface area (Å²) < 4.78 is 1.30. The van der Waals surface area contributed by atoms with E-state index in [1.807, 2.05) is 11.3 Å². The Morgan fingerprint density at radius 1 is 0.842 bits per heavy atom. The van der Waals surface area contributed by atoms with Crippen LogP contribution >= 0.6 is 33.9 Å². The Kier molecular flexibility index (Phi) is 3.99. The quantitative estimate of drug-likeness (QED) is 0.521. The van der Waals surface area contributed by atoms with E-state index in [1.54, 1.807) is 0 Å². The lowest BCUT2D eigenvalue weighted by molar-refractivity contribution is 1.24. The first-order valence-electron chi connectivity index (χ1n) is 6.20. The minimum absolute atomic E-state index is 1.02. The molecule has 0 aliphatic heterocycles. The summed E-state index contributed by atoms with van der Waals surface area (Å²) in [5.41, 5.74) is 2.69. The Morgan fingerprint density at radius 3 is 2.47 bits per heavy atom. The van der Waals surface area contributed by atoms with Crippen LogP contribution < -0.4 is 0 Å². The number of benzene rings is 2. The van der Waals surface area contributed by atoms with E-state index >= 15 is 0 Å². The smallest absolute Gasteiger partial charge is 0.0345 e. The maximum atomic E-state index is 2.37.